The molecular formula is C18H23NS. The molecule has 0 fully saturated rings. The van der Waals surface area contributed by atoms with E-state index in [0.29, 0.717) is 6.04 Å². The highest BCUT2D eigenvalue weighted by Crippen LogP contribution is 2.19. The number of hydrogen-bond donors (Lipinski definition) is 1. The van der Waals surface area contributed by atoms with E-state index in [-0.39, 0.29) is 0 Å². The summed E-state index contributed by atoms with van der Waals surface area (Å²) in [6, 6.07) is 20.1. The minimum Gasteiger partial charge on any atom is -0.310 e. The zero-order valence-electron chi connectivity index (χ0n) is 12.3. The zero-order valence-corrected chi connectivity index (χ0v) is 13.1. The van der Waals surface area contributed by atoms with Crippen LogP contribution in [0.15, 0.2) is 59.5 Å². The summed E-state index contributed by atoms with van der Waals surface area (Å²) in [7, 11) is 0. The fraction of sp³-hybridized carbons (Fsp3) is 0.333. The maximum Gasteiger partial charge on any atom is 0.0207 e. The molecule has 0 atom stereocenters. The summed E-state index contributed by atoms with van der Waals surface area (Å²) in [6.07, 6.45) is 1.13. The van der Waals surface area contributed by atoms with Gasteiger partial charge in [0, 0.05) is 23.2 Å². The standard InChI is InChI=1S/C18H23NS/c1-15(2)19-14-17-8-10-18(11-9-17)20-13-12-16-6-4-3-5-7-16/h3-11,15,19H,12-14H2,1-2H3. The highest BCUT2D eigenvalue weighted by molar-refractivity contribution is 7.99. The molecule has 2 aromatic rings. The fourth-order valence-corrected chi connectivity index (χ4v) is 2.86. The van der Waals surface area contributed by atoms with Crippen molar-refractivity contribution < 1.29 is 0 Å². The Kier molecular flexibility index (Phi) is 6.16. The molecule has 0 bridgehead atoms. The van der Waals surface area contributed by atoms with Gasteiger partial charge in [-0.15, -0.1) is 11.8 Å². The van der Waals surface area contributed by atoms with Crippen LogP contribution in [0, 0.1) is 0 Å². The molecule has 0 aliphatic carbocycles. The van der Waals surface area contributed by atoms with Gasteiger partial charge in [-0.1, -0.05) is 56.3 Å². The average Bonchev–Trinajstić information content (AvgIpc) is 2.47. The normalized spacial score (nSPS) is 10.9. The number of nitrogens with one attached hydrogen (secondary N) is 1. The summed E-state index contributed by atoms with van der Waals surface area (Å²) in [6.45, 7) is 5.30. The predicted octanol–water partition coefficient (Wildman–Crippen LogP) is 4.52. The lowest BCUT2D eigenvalue weighted by atomic mass is 10.2. The van der Waals surface area contributed by atoms with Crippen LogP contribution in [0.4, 0.5) is 0 Å². The van der Waals surface area contributed by atoms with Crippen LogP contribution in [-0.2, 0) is 13.0 Å². The molecule has 0 unspecified atom stereocenters. The first-order valence-corrected chi connectivity index (χ1v) is 8.21. The van der Waals surface area contributed by atoms with Crippen molar-refractivity contribution in [3.63, 3.8) is 0 Å². The molecule has 0 amide bonds. The van der Waals surface area contributed by atoms with Crippen molar-refractivity contribution in [3.05, 3.63) is 65.7 Å². The quantitative estimate of drug-likeness (QED) is 0.751. The van der Waals surface area contributed by atoms with Crippen molar-refractivity contribution in [2.45, 2.75) is 37.8 Å². The first kappa shape index (κ1) is 15.1. The lowest BCUT2D eigenvalue weighted by molar-refractivity contribution is 0.588. The van der Waals surface area contributed by atoms with E-state index in [2.05, 4.69) is 73.8 Å². The molecule has 1 nitrogen and oxygen atoms in total. The molecule has 0 radical (unpaired) electrons. The Bertz CT molecular complexity index is 491. The molecule has 106 valence electrons. The Labute approximate surface area is 126 Å². The third-order valence-corrected chi connectivity index (χ3v) is 4.15. The van der Waals surface area contributed by atoms with Gasteiger partial charge in [0.25, 0.3) is 0 Å². The summed E-state index contributed by atoms with van der Waals surface area (Å²) in [5, 5.41) is 3.44. The Hall–Kier alpha value is -1.25. The Morgan fingerprint density at radius 1 is 0.900 bits per heavy atom. The highest BCUT2D eigenvalue weighted by atomic mass is 32.2. The molecule has 2 aromatic carbocycles. The van der Waals surface area contributed by atoms with E-state index in [4.69, 9.17) is 0 Å². The van der Waals surface area contributed by atoms with Crippen LogP contribution in [0.3, 0.4) is 0 Å². The van der Waals surface area contributed by atoms with Gasteiger partial charge in [-0.2, -0.15) is 0 Å². The summed E-state index contributed by atoms with van der Waals surface area (Å²) >= 11 is 1.93. The third-order valence-electron chi connectivity index (χ3n) is 3.14. The first-order valence-electron chi connectivity index (χ1n) is 7.23. The highest BCUT2D eigenvalue weighted by Gasteiger charge is 1.98. The van der Waals surface area contributed by atoms with E-state index in [1.807, 2.05) is 11.8 Å². The smallest absolute Gasteiger partial charge is 0.0207 e. The molecule has 0 saturated heterocycles. The van der Waals surface area contributed by atoms with Crippen molar-refractivity contribution in [1.82, 2.24) is 5.32 Å². The number of hydrogen-bond acceptors (Lipinski definition) is 2. The molecule has 2 heteroatoms. The van der Waals surface area contributed by atoms with Crippen molar-refractivity contribution in [2.24, 2.45) is 0 Å². The summed E-state index contributed by atoms with van der Waals surface area (Å²) < 4.78 is 0. The maximum absolute atomic E-state index is 3.44. The number of benzene rings is 2. The average molecular weight is 285 g/mol. The van der Waals surface area contributed by atoms with Crippen molar-refractivity contribution >= 4 is 11.8 Å². The van der Waals surface area contributed by atoms with Gasteiger partial charge in [0.15, 0.2) is 0 Å². The van der Waals surface area contributed by atoms with Gasteiger partial charge in [-0.3, -0.25) is 0 Å². The van der Waals surface area contributed by atoms with Gasteiger partial charge in [0.1, 0.15) is 0 Å². The molecule has 2 rings (SSSR count). The third kappa shape index (κ3) is 5.40. The summed E-state index contributed by atoms with van der Waals surface area (Å²) in [5.74, 6) is 1.13. The largest absolute Gasteiger partial charge is 0.310 e. The van der Waals surface area contributed by atoms with Gasteiger partial charge in [0.2, 0.25) is 0 Å². The molecule has 0 spiro atoms. The number of rotatable bonds is 7. The van der Waals surface area contributed by atoms with Crippen molar-refractivity contribution in [2.75, 3.05) is 5.75 Å². The second-order valence-electron chi connectivity index (χ2n) is 5.26. The van der Waals surface area contributed by atoms with E-state index in [1.54, 1.807) is 0 Å². The molecule has 0 aliphatic rings. The lowest BCUT2D eigenvalue weighted by Crippen LogP contribution is -2.21. The van der Waals surface area contributed by atoms with Gasteiger partial charge in [-0.25, -0.2) is 0 Å². The molecule has 0 aromatic heterocycles. The maximum atomic E-state index is 3.44. The number of aryl methyl sites for hydroxylation is 1. The second-order valence-corrected chi connectivity index (χ2v) is 6.43. The van der Waals surface area contributed by atoms with Crippen LogP contribution < -0.4 is 5.32 Å². The Balaban J connectivity index is 1.76. The Morgan fingerprint density at radius 2 is 1.60 bits per heavy atom. The molecule has 0 aliphatic heterocycles. The van der Waals surface area contributed by atoms with Crippen LogP contribution in [0.1, 0.15) is 25.0 Å². The monoisotopic (exact) mass is 285 g/mol. The van der Waals surface area contributed by atoms with E-state index in [9.17, 15) is 0 Å². The van der Waals surface area contributed by atoms with E-state index in [1.165, 1.54) is 16.0 Å². The minimum absolute atomic E-state index is 0.537. The molecule has 0 heterocycles. The molecule has 1 N–H and O–H groups in total. The van der Waals surface area contributed by atoms with Gasteiger partial charge >= 0.3 is 0 Å². The topological polar surface area (TPSA) is 12.0 Å². The molecule has 20 heavy (non-hydrogen) atoms. The van der Waals surface area contributed by atoms with Crippen LogP contribution in [-0.4, -0.2) is 11.8 Å². The van der Waals surface area contributed by atoms with E-state index in [0.717, 1.165) is 18.7 Å². The van der Waals surface area contributed by atoms with Crippen LogP contribution >= 0.6 is 11.8 Å². The van der Waals surface area contributed by atoms with Crippen LogP contribution in [0.2, 0.25) is 0 Å². The predicted molar refractivity (Wildman–Crippen MR) is 89.3 cm³/mol. The first-order chi connectivity index (χ1) is 9.74. The fourth-order valence-electron chi connectivity index (χ4n) is 1.96. The zero-order chi connectivity index (χ0) is 14.2. The van der Waals surface area contributed by atoms with Gasteiger partial charge < -0.3 is 5.32 Å². The van der Waals surface area contributed by atoms with Crippen LogP contribution in [0.5, 0.6) is 0 Å². The lowest BCUT2D eigenvalue weighted by Gasteiger charge is -2.08. The van der Waals surface area contributed by atoms with Crippen LogP contribution in [0.25, 0.3) is 0 Å². The Morgan fingerprint density at radius 3 is 2.25 bits per heavy atom. The summed E-state index contributed by atoms with van der Waals surface area (Å²) in [5.41, 5.74) is 2.77. The van der Waals surface area contributed by atoms with Gasteiger partial charge in [0.05, 0.1) is 0 Å². The summed E-state index contributed by atoms with van der Waals surface area (Å²) in [4.78, 5) is 1.36. The van der Waals surface area contributed by atoms with Gasteiger partial charge in [-0.05, 0) is 29.7 Å². The second kappa shape index (κ2) is 8.13. The number of thioether (sulfide) groups is 1. The van der Waals surface area contributed by atoms with E-state index >= 15 is 0 Å². The molecular weight excluding hydrogens is 262 g/mol. The van der Waals surface area contributed by atoms with Crippen molar-refractivity contribution in [1.29, 1.82) is 0 Å². The van der Waals surface area contributed by atoms with Crippen molar-refractivity contribution in [3.8, 4) is 0 Å². The SMILES string of the molecule is CC(C)NCc1ccc(SCCc2ccccc2)cc1. The van der Waals surface area contributed by atoms with E-state index < -0.39 is 0 Å². The minimum atomic E-state index is 0.537. The molecule has 0 saturated carbocycles.